The molecule has 0 aliphatic rings. The van der Waals surface area contributed by atoms with Gasteiger partial charge in [-0.1, -0.05) is 23.8 Å². The maximum atomic E-state index is 11.2. The molecule has 0 saturated heterocycles. The molecule has 1 rings (SSSR count). The molecule has 0 unspecified atom stereocenters. The lowest BCUT2D eigenvalue weighted by molar-refractivity contribution is 0.582. The highest BCUT2D eigenvalue weighted by Gasteiger charge is 2.06. The van der Waals surface area contributed by atoms with Crippen molar-refractivity contribution in [3.05, 3.63) is 34.9 Å². The number of nitrogens with one attached hydrogen (secondary N) is 1. The molecule has 0 fully saturated rings. The van der Waals surface area contributed by atoms with Crippen molar-refractivity contribution in [3.8, 4) is 0 Å². The second-order valence-corrected chi connectivity index (χ2v) is 5.75. The summed E-state index contributed by atoms with van der Waals surface area (Å²) in [5, 5.41) is 0. The van der Waals surface area contributed by atoms with Gasteiger partial charge >= 0.3 is 0 Å². The Labute approximate surface area is 91.6 Å². The van der Waals surface area contributed by atoms with Crippen LogP contribution in [0.15, 0.2) is 18.2 Å². The van der Waals surface area contributed by atoms with Crippen molar-refractivity contribution in [1.82, 2.24) is 4.72 Å². The van der Waals surface area contributed by atoms with Gasteiger partial charge in [-0.3, -0.25) is 0 Å². The third kappa shape index (κ3) is 3.64. The Kier molecular flexibility index (Phi) is 3.88. The first kappa shape index (κ1) is 12.2. The Balaban J connectivity index is 2.74. The molecule has 0 saturated carbocycles. The monoisotopic (exact) mass is 227 g/mol. The van der Waals surface area contributed by atoms with Crippen molar-refractivity contribution < 1.29 is 8.42 Å². The van der Waals surface area contributed by atoms with Crippen LogP contribution in [-0.4, -0.2) is 14.2 Å². The number of hydrogen-bond donors (Lipinski definition) is 1. The highest BCUT2D eigenvalue weighted by Crippen LogP contribution is 2.10. The van der Waals surface area contributed by atoms with Gasteiger partial charge in [-0.25, -0.2) is 13.1 Å². The standard InChI is InChI=1S/C11H17NO2S/c1-4-15(13,14)12-8-11-6-5-9(2)7-10(11)3/h5-7,12H,4,8H2,1-3H3. The maximum Gasteiger partial charge on any atom is 0.211 e. The summed E-state index contributed by atoms with van der Waals surface area (Å²) in [7, 11) is -3.09. The Bertz CT molecular complexity index is 438. The molecule has 4 heteroatoms. The zero-order valence-electron chi connectivity index (χ0n) is 9.37. The van der Waals surface area contributed by atoms with Gasteiger partial charge in [-0.15, -0.1) is 0 Å². The number of aryl methyl sites for hydroxylation is 2. The number of sulfonamides is 1. The van der Waals surface area contributed by atoms with Crippen LogP contribution in [0.4, 0.5) is 0 Å². The summed E-state index contributed by atoms with van der Waals surface area (Å²) < 4.78 is 25.0. The van der Waals surface area contributed by atoms with E-state index in [2.05, 4.69) is 10.8 Å². The highest BCUT2D eigenvalue weighted by atomic mass is 32.2. The topological polar surface area (TPSA) is 46.2 Å². The highest BCUT2D eigenvalue weighted by molar-refractivity contribution is 7.89. The van der Waals surface area contributed by atoms with E-state index in [0.29, 0.717) is 6.54 Å². The number of rotatable bonds is 4. The largest absolute Gasteiger partial charge is 0.212 e. The molecule has 0 radical (unpaired) electrons. The maximum absolute atomic E-state index is 11.2. The lowest BCUT2D eigenvalue weighted by atomic mass is 10.1. The first-order valence-corrected chi connectivity index (χ1v) is 6.63. The van der Waals surface area contributed by atoms with Crippen LogP contribution >= 0.6 is 0 Å². The zero-order valence-corrected chi connectivity index (χ0v) is 10.2. The Morgan fingerprint density at radius 3 is 2.47 bits per heavy atom. The van der Waals surface area contributed by atoms with Gasteiger partial charge in [0.2, 0.25) is 10.0 Å². The average molecular weight is 227 g/mol. The molecule has 3 nitrogen and oxygen atoms in total. The third-order valence-electron chi connectivity index (χ3n) is 2.36. The van der Waals surface area contributed by atoms with E-state index in [1.807, 2.05) is 26.0 Å². The molecular weight excluding hydrogens is 210 g/mol. The van der Waals surface area contributed by atoms with Crippen LogP contribution in [0, 0.1) is 13.8 Å². The molecule has 1 aromatic carbocycles. The summed E-state index contributed by atoms with van der Waals surface area (Å²) in [6.45, 7) is 6.02. The van der Waals surface area contributed by atoms with E-state index in [-0.39, 0.29) is 5.75 Å². The summed E-state index contributed by atoms with van der Waals surface area (Å²) in [6, 6.07) is 6.00. The smallest absolute Gasteiger partial charge is 0.211 e. The first-order chi connectivity index (χ1) is 6.94. The van der Waals surface area contributed by atoms with E-state index in [1.165, 1.54) is 5.56 Å². The summed E-state index contributed by atoms with van der Waals surface area (Å²) in [6.07, 6.45) is 0. The fourth-order valence-corrected chi connectivity index (χ4v) is 1.91. The van der Waals surface area contributed by atoms with Gasteiger partial charge in [0.1, 0.15) is 0 Å². The summed E-state index contributed by atoms with van der Waals surface area (Å²) in [5.41, 5.74) is 3.33. The predicted molar refractivity (Wildman–Crippen MR) is 62.2 cm³/mol. The normalized spacial score (nSPS) is 11.7. The molecule has 0 aliphatic carbocycles. The molecule has 0 amide bonds. The Hall–Kier alpha value is -0.870. The zero-order chi connectivity index (χ0) is 11.5. The van der Waals surface area contributed by atoms with Crippen molar-refractivity contribution >= 4 is 10.0 Å². The van der Waals surface area contributed by atoms with E-state index in [0.717, 1.165) is 11.1 Å². The van der Waals surface area contributed by atoms with Crippen LogP contribution in [0.25, 0.3) is 0 Å². The third-order valence-corrected chi connectivity index (χ3v) is 3.70. The van der Waals surface area contributed by atoms with Crippen LogP contribution in [0.1, 0.15) is 23.6 Å². The second kappa shape index (κ2) is 4.77. The lowest BCUT2D eigenvalue weighted by Gasteiger charge is -2.08. The minimum absolute atomic E-state index is 0.123. The molecule has 0 atom stereocenters. The molecule has 0 bridgehead atoms. The van der Waals surface area contributed by atoms with Crippen LogP contribution in [0.5, 0.6) is 0 Å². The summed E-state index contributed by atoms with van der Waals surface area (Å²) >= 11 is 0. The first-order valence-electron chi connectivity index (χ1n) is 4.98. The molecular formula is C11H17NO2S. The molecule has 0 aromatic heterocycles. The van der Waals surface area contributed by atoms with Gasteiger partial charge in [0, 0.05) is 6.54 Å². The molecule has 15 heavy (non-hydrogen) atoms. The minimum Gasteiger partial charge on any atom is -0.212 e. The summed E-state index contributed by atoms with van der Waals surface area (Å²) in [4.78, 5) is 0. The molecule has 0 aliphatic heterocycles. The van der Waals surface area contributed by atoms with Crippen LogP contribution in [0.3, 0.4) is 0 Å². The van der Waals surface area contributed by atoms with Crippen molar-refractivity contribution in [3.63, 3.8) is 0 Å². The van der Waals surface area contributed by atoms with E-state index in [4.69, 9.17) is 0 Å². The minimum atomic E-state index is -3.09. The van der Waals surface area contributed by atoms with Crippen molar-refractivity contribution in [1.29, 1.82) is 0 Å². The van der Waals surface area contributed by atoms with E-state index in [9.17, 15) is 8.42 Å². The van der Waals surface area contributed by atoms with Crippen molar-refractivity contribution in [2.75, 3.05) is 5.75 Å². The second-order valence-electron chi connectivity index (χ2n) is 3.65. The van der Waals surface area contributed by atoms with Gasteiger partial charge < -0.3 is 0 Å². The van der Waals surface area contributed by atoms with Crippen LogP contribution < -0.4 is 4.72 Å². The average Bonchev–Trinajstić information content (AvgIpc) is 2.16. The fourth-order valence-electron chi connectivity index (χ4n) is 1.33. The lowest BCUT2D eigenvalue weighted by Crippen LogP contribution is -2.25. The van der Waals surface area contributed by atoms with Gasteiger partial charge in [0.05, 0.1) is 5.75 Å². The van der Waals surface area contributed by atoms with E-state index in [1.54, 1.807) is 6.92 Å². The van der Waals surface area contributed by atoms with E-state index < -0.39 is 10.0 Å². The quantitative estimate of drug-likeness (QED) is 0.851. The molecule has 0 spiro atoms. The van der Waals surface area contributed by atoms with Crippen molar-refractivity contribution in [2.45, 2.75) is 27.3 Å². The van der Waals surface area contributed by atoms with Crippen LogP contribution in [-0.2, 0) is 16.6 Å². The van der Waals surface area contributed by atoms with E-state index >= 15 is 0 Å². The molecule has 84 valence electrons. The van der Waals surface area contributed by atoms with Gasteiger partial charge in [-0.2, -0.15) is 0 Å². The van der Waals surface area contributed by atoms with Crippen molar-refractivity contribution in [2.24, 2.45) is 0 Å². The Morgan fingerprint density at radius 2 is 1.93 bits per heavy atom. The molecule has 1 N–H and O–H groups in total. The number of benzene rings is 1. The Morgan fingerprint density at radius 1 is 1.27 bits per heavy atom. The van der Waals surface area contributed by atoms with Gasteiger partial charge in [-0.05, 0) is 31.9 Å². The van der Waals surface area contributed by atoms with Gasteiger partial charge in [0.25, 0.3) is 0 Å². The predicted octanol–water partition coefficient (Wildman–Crippen LogP) is 1.74. The summed E-state index contributed by atoms with van der Waals surface area (Å²) in [5.74, 6) is 0.123. The molecule has 1 aromatic rings. The fraction of sp³-hybridized carbons (Fsp3) is 0.455. The van der Waals surface area contributed by atoms with Crippen LogP contribution in [0.2, 0.25) is 0 Å². The molecule has 0 heterocycles. The SMILES string of the molecule is CCS(=O)(=O)NCc1ccc(C)cc1C. The number of hydrogen-bond acceptors (Lipinski definition) is 2. The van der Waals surface area contributed by atoms with Gasteiger partial charge in [0.15, 0.2) is 0 Å².